The van der Waals surface area contributed by atoms with Gasteiger partial charge in [-0.25, -0.2) is 0 Å². The molecule has 0 aromatic rings. The maximum Gasteiger partial charge on any atom is 0.226 e. The van der Waals surface area contributed by atoms with Gasteiger partial charge in [0.1, 0.15) is 0 Å². The molecule has 0 aromatic carbocycles. The molecule has 0 aliphatic carbocycles. The topological polar surface area (TPSA) is 55.1 Å². The van der Waals surface area contributed by atoms with Crippen molar-refractivity contribution in [1.29, 1.82) is 0 Å². The molecule has 0 aliphatic rings. The van der Waals surface area contributed by atoms with E-state index in [1.54, 1.807) is 0 Å². The Hall–Kier alpha value is -0.570. The van der Waals surface area contributed by atoms with E-state index in [-0.39, 0.29) is 5.91 Å². The summed E-state index contributed by atoms with van der Waals surface area (Å²) in [6.07, 6.45) is 0. The molecule has 0 aromatic heterocycles. The molecule has 3 heteroatoms. The van der Waals surface area contributed by atoms with Gasteiger partial charge in [0, 0.05) is 13.1 Å². The van der Waals surface area contributed by atoms with E-state index in [0.717, 1.165) is 6.54 Å². The Morgan fingerprint density at radius 2 is 1.62 bits per heavy atom. The molecule has 16 heavy (non-hydrogen) atoms. The Bertz CT molecular complexity index is 214. The number of carbonyl (C=O) groups is 1. The third-order valence-corrected chi connectivity index (χ3v) is 3.34. The lowest BCUT2D eigenvalue weighted by atomic mass is 9.85. The molecule has 0 saturated carbocycles. The number of rotatable bonds is 6. The molecule has 0 bridgehead atoms. The van der Waals surface area contributed by atoms with Crippen molar-refractivity contribution in [3.05, 3.63) is 0 Å². The molecule has 0 spiro atoms. The lowest BCUT2D eigenvalue weighted by Gasteiger charge is -2.28. The van der Waals surface area contributed by atoms with Crippen LogP contribution in [0.15, 0.2) is 0 Å². The molecule has 0 rings (SSSR count). The smallest absolute Gasteiger partial charge is 0.226 e. The van der Waals surface area contributed by atoms with Crippen LogP contribution in [0.4, 0.5) is 0 Å². The predicted octanol–water partition coefficient (Wildman–Crippen LogP) is 2.02. The zero-order valence-electron chi connectivity index (χ0n) is 11.6. The Morgan fingerprint density at radius 3 is 1.94 bits per heavy atom. The first-order valence-corrected chi connectivity index (χ1v) is 6.20. The van der Waals surface area contributed by atoms with Crippen LogP contribution in [-0.4, -0.2) is 19.0 Å². The lowest BCUT2D eigenvalue weighted by molar-refractivity contribution is -0.129. The average molecular weight is 228 g/mol. The summed E-state index contributed by atoms with van der Waals surface area (Å²) in [6, 6.07) is 0. The molecule has 0 fully saturated rings. The van der Waals surface area contributed by atoms with Gasteiger partial charge in [-0.05, 0) is 31.6 Å². The zero-order chi connectivity index (χ0) is 12.9. The van der Waals surface area contributed by atoms with Gasteiger partial charge in [0.2, 0.25) is 5.91 Å². The van der Waals surface area contributed by atoms with Gasteiger partial charge < -0.3 is 11.1 Å². The van der Waals surface area contributed by atoms with Crippen molar-refractivity contribution in [2.24, 2.45) is 28.9 Å². The van der Waals surface area contributed by atoms with E-state index in [0.29, 0.717) is 24.3 Å². The number of amides is 1. The minimum absolute atomic E-state index is 0.0568. The summed E-state index contributed by atoms with van der Waals surface area (Å²) >= 11 is 0. The van der Waals surface area contributed by atoms with Crippen molar-refractivity contribution in [3.8, 4) is 0 Å². The first kappa shape index (κ1) is 15.4. The highest BCUT2D eigenvalue weighted by atomic mass is 16.2. The molecule has 0 aliphatic heterocycles. The second-order valence-corrected chi connectivity index (χ2v) is 5.95. The van der Waals surface area contributed by atoms with Gasteiger partial charge in [-0.3, -0.25) is 4.79 Å². The molecular formula is C13H28N2O. The van der Waals surface area contributed by atoms with E-state index >= 15 is 0 Å². The number of hydrogen-bond donors (Lipinski definition) is 2. The minimum Gasteiger partial charge on any atom is -0.355 e. The summed E-state index contributed by atoms with van der Waals surface area (Å²) < 4.78 is 0. The van der Waals surface area contributed by atoms with E-state index in [1.807, 2.05) is 13.8 Å². The van der Waals surface area contributed by atoms with Crippen LogP contribution < -0.4 is 11.1 Å². The fourth-order valence-corrected chi connectivity index (χ4v) is 1.78. The molecule has 3 N–H and O–H groups in total. The van der Waals surface area contributed by atoms with Crippen LogP contribution in [0.2, 0.25) is 0 Å². The van der Waals surface area contributed by atoms with Gasteiger partial charge >= 0.3 is 0 Å². The van der Waals surface area contributed by atoms with E-state index in [2.05, 4.69) is 33.0 Å². The van der Waals surface area contributed by atoms with Crippen LogP contribution in [0, 0.1) is 23.2 Å². The average Bonchev–Trinajstić information content (AvgIpc) is 2.16. The fraction of sp³-hybridized carbons (Fsp3) is 0.923. The zero-order valence-corrected chi connectivity index (χ0v) is 11.6. The summed E-state index contributed by atoms with van der Waals surface area (Å²) in [5.74, 6) is 1.75. The van der Waals surface area contributed by atoms with Gasteiger partial charge in [-0.1, -0.05) is 27.7 Å². The standard InChI is InChI=1S/C13H28N2O/c1-9(2)11(10(3)4)7-15-12(16)13(5,6)8-14/h9-11H,7-8,14H2,1-6H3,(H,15,16). The third kappa shape index (κ3) is 4.52. The van der Waals surface area contributed by atoms with Gasteiger partial charge in [-0.15, -0.1) is 0 Å². The second-order valence-electron chi connectivity index (χ2n) is 5.95. The molecule has 96 valence electrons. The van der Waals surface area contributed by atoms with Crippen molar-refractivity contribution < 1.29 is 4.79 Å². The van der Waals surface area contributed by atoms with Gasteiger partial charge in [0.15, 0.2) is 0 Å². The molecule has 0 radical (unpaired) electrons. The Balaban J connectivity index is 4.27. The van der Waals surface area contributed by atoms with E-state index in [9.17, 15) is 4.79 Å². The molecule has 0 heterocycles. The molecule has 3 nitrogen and oxygen atoms in total. The lowest BCUT2D eigenvalue weighted by Crippen LogP contribution is -2.44. The SMILES string of the molecule is CC(C)C(CNC(=O)C(C)(C)CN)C(C)C. The maximum atomic E-state index is 11.9. The van der Waals surface area contributed by atoms with Crippen LogP contribution in [0.3, 0.4) is 0 Å². The number of carbonyl (C=O) groups excluding carboxylic acids is 1. The van der Waals surface area contributed by atoms with Gasteiger partial charge in [0.25, 0.3) is 0 Å². The van der Waals surface area contributed by atoms with Gasteiger partial charge in [-0.2, -0.15) is 0 Å². The highest BCUT2D eigenvalue weighted by Gasteiger charge is 2.27. The van der Waals surface area contributed by atoms with Crippen LogP contribution in [0.1, 0.15) is 41.5 Å². The Morgan fingerprint density at radius 1 is 1.19 bits per heavy atom. The maximum absolute atomic E-state index is 11.9. The summed E-state index contributed by atoms with van der Waals surface area (Å²) in [4.78, 5) is 11.9. The molecule has 0 unspecified atom stereocenters. The molecule has 1 amide bonds. The van der Waals surface area contributed by atoms with Crippen molar-refractivity contribution in [1.82, 2.24) is 5.32 Å². The van der Waals surface area contributed by atoms with Crippen LogP contribution in [0.25, 0.3) is 0 Å². The summed E-state index contributed by atoms with van der Waals surface area (Å²) in [6.45, 7) is 13.7. The van der Waals surface area contributed by atoms with Crippen LogP contribution >= 0.6 is 0 Å². The second kappa shape index (κ2) is 6.24. The minimum atomic E-state index is -0.460. The first-order chi connectivity index (χ1) is 7.22. The third-order valence-electron chi connectivity index (χ3n) is 3.34. The van der Waals surface area contributed by atoms with Crippen molar-refractivity contribution >= 4 is 5.91 Å². The Kier molecular flexibility index (Phi) is 6.01. The molecule has 0 saturated heterocycles. The van der Waals surface area contributed by atoms with Crippen molar-refractivity contribution in [3.63, 3.8) is 0 Å². The summed E-state index contributed by atoms with van der Waals surface area (Å²) in [7, 11) is 0. The largest absolute Gasteiger partial charge is 0.355 e. The Labute approximate surface area is 100 Å². The highest BCUT2D eigenvalue weighted by molar-refractivity contribution is 5.82. The van der Waals surface area contributed by atoms with Gasteiger partial charge in [0.05, 0.1) is 5.41 Å². The molecular weight excluding hydrogens is 200 g/mol. The van der Waals surface area contributed by atoms with E-state index in [4.69, 9.17) is 5.73 Å². The van der Waals surface area contributed by atoms with Crippen molar-refractivity contribution in [2.45, 2.75) is 41.5 Å². The van der Waals surface area contributed by atoms with E-state index < -0.39 is 5.41 Å². The van der Waals surface area contributed by atoms with E-state index in [1.165, 1.54) is 0 Å². The first-order valence-electron chi connectivity index (χ1n) is 6.20. The number of nitrogens with one attached hydrogen (secondary N) is 1. The van der Waals surface area contributed by atoms with Crippen LogP contribution in [0.5, 0.6) is 0 Å². The predicted molar refractivity (Wildman–Crippen MR) is 69.0 cm³/mol. The highest BCUT2D eigenvalue weighted by Crippen LogP contribution is 2.20. The monoisotopic (exact) mass is 228 g/mol. The number of nitrogens with two attached hydrogens (primary N) is 1. The molecule has 0 atom stereocenters. The normalized spacial score (nSPS) is 12.6. The van der Waals surface area contributed by atoms with Crippen molar-refractivity contribution in [2.75, 3.05) is 13.1 Å². The summed E-state index contributed by atoms with van der Waals surface area (Å²) in [5, 5.41) is 3.02. The number of hydrogen-bond acceptors (Lipinski definition) is 2. The summed E-state index contributed by atoms with van der Waals surface area (Å²) in [5.41, 5.74) is 5.11. The van der Waals surface area contributed by atoms with Crippen LogP contribution in [-0.2, 0) is 4.79 Å². The fourth-order valence-electron chi connectivity index (χ4n) is 1.78. The quantitative estimate of drug-likeness (QED) is 0.730.